The maximum Gasteiger partial charge on any atom is 0.471 e. The van der Waals surface area contributed by atoms with Crippen LogP contribution in [0.15, 0.2) is 27.8 Å². The highest BCUT2D eigenvalue weighted by Crippen LogP contribution is 2.19. The van der Waals surface area contributed by atoms with Crippen molar-refractivity contribution in [2.75, 3.05) is 5.32 Å². The summed E-state index contributed by atoms with van der Waals surface area (Å²) in [6, 6.07) is 3.54. The third-order valence-corrected chi connectivity index (χ3v) is 2.24. The highest BCUT2D eigenvalue weighted by Gasteiger charge is 2.38. The van der Waals surface area contributed by atoms with E-state index < -0.39 is 23.2 Å². The Labute approximate surface area is 102 Å². The van der Waals surface area contributed by atoms with Gasteiger partial charge in [-0.25, -0.2) is 0 Å². The summed E-state index contributed by atoms with van der Waals surface area (Å²) in [7, 11) is 0. The Balaban J connectivity index is 2.42. The average molecular weight is 273 g/mol. The van der Waals surface area contributed by atoms with Crippen molar-refractivity contribution in [1.82, 2.24) is 9.97 Å². The van der Waals surface area contributed by atoms with Gasteiger partial charge in [0.1, 0.15) is 0 Å². The predicted octanol–water partition coefficient (Wildman–Crippen LogP) is 0.717. The minimum absolute atomic E-state index is 0.101. The Hall–Kier alpha value is -2.58. The summed E-state index contributed by atoms with van der Waals surface area (Å²) in [5.41, 5.74) is -1.64. The first-order chi connectivity index (χ1) is 8.77. The number of carbonyl (C=O) groups is 1. The number of aromatic nitrogens is 2. The number of carbonyl (C=O) groups excluding carboxylic acids is 1. The molecule has 1 amide bonds. The van der Waals surface area contributed by atoms with Crippen LogP contribution in [-0.2, 0) is 4.79 Å². The molecule has 0 unspecified atom stereocenters. The van der Waals surface area contributed by atoms with Crippen LogP contribution >= 0.6 is 0 Å². The third-order valence-electron chi connectivity index (χ3n) is 2.24. The lowest BCUT2D eigenvalue weighted by Crippen LogP contribution is -2.30. The van der Waals surface area contributed by atoms with Gasteiger partial charge in [-0.3, -0.25) is 14.4 Å². The number of halogens is 3. The van der Waals surface area contributed by atoms with Gasteiger partial charge >= 0.3 is 23.2 Å². The fraction of sp³-hybridized carbons (Fsp3) is 0.100. The molecule has 19 heavy (non-hydrogen) atoms. The van der Waals surface area contributed by atoms with E-state index >= 15 is 0 Å². The Kier molecular flexibility index (Phi) is 2.89. The number of anilines is 1. The number of H-pyrrole nitrogens is 2. The summed E-state index contributed by atoms with van der Waals surface area (Å²) < 4.78 is 36.1. The highest BCUT2D eigenvalue weighted by atomic mass is 19.4. The van der Waals surface area contributed by atoms with Crippen LogP contribution in [0.2, 0.25) is 0 Å². The van der Waals surface area contributed by atoms with Gasteiger partial charge in [0.2, 0.25) is 0 Å². The molecule has 0 bridgehead atoms. The summed E-state index contributed by atoms with van der Waals surface area (Å²) in [6.07, 6.45) is -5.01. The van der Waals surface area contributed by atoms with Crippen LogP contribution in [0, 0.1) is 0 Å². The lowest BCUT2D eigenvalue weighted by molar-refractivity contribution is -0.167. The van der Waals surface area contributed by atoms with E-state index in [4.69, 9.17) is 0 Å². The highest BCUT2D eigenvalue weighted by molar-refractivity contribution is 5.96. The van der Waals surface area contributed by atoms with Crippen molar-refractivity contribution < 1.29 is 18.0 Å². The number of benzene rings is 1. The van der Waals surface area contributed by atoms with Gasteiger partial charge in [0, 0.05) is 5.69 Å². The van der Waals surface area contributed by atoms with Crippen molar-refractivity contribution in [3.8, 4) is 0 Å². The standard InChI is InChI=1S/C10H6F3N3O3/c11-10(12,13)9(19)14-4-1-2-5-6(3-4)16-8(18)7(17)15-5/h1-3H,(H,14,19)(H,15,17)(H,16,18). The first-order valence-corrected chi connectivity index (χ1v) is 4.92. The minimum atomic E-state index is -5.01. The SMILES string of the molecule is O=C(Nc1ccc2[nH]c(=O)c(=O)[nH]c2c1)C(F)(F)F. The Bertz CT molecular complexity index is 760. The molecule has 0 aliphatic heterocycles. The Morgan fingerprint density at radius 3 is 2.21 bits per heavy atom. The number of alkyl halides is 3. The summed E-state index contributed by atoms with van der Waals surface area (Å²) in [5.74, 6) is -2.13. The van der Waals surface area contributed by atoms with Crippen LogP contribution in [0.25, 0.3) is 11.0 Å². The molecule has 9 heteroatoms. The second-order valence-electron chi connectivity index (χ2n) is 3.62. The quantitative estimate of drug-likeness (QED) is 0.668. The maximum absolute atomic E-state index is 12.0. The number of fused-ring (bicyclic) bond motifs is 1. The van der Waals surface area contributed by atoms with Gasteiger partial charge < -0.3 is 15.3 Å². The molecule has 0 aliphatic carbocycles. The molecule has 0 fully saturated rings. The second kappa shape index (κ2) is 4.26. The van der Waals surface area contributed by atoms with Gasteiger partial charge in [0.25, 0.3) is 0 Å². The Morgan fingerprint density at radius 1 is 1.05 bits per heavy atom. The molecule has 1 heterocycles. The molecule has 0 aliphatic rings. The van der Waals surface area contributed by atoms with Crippen LogP contribution in [-0.4, -0.2) is 22.1 Å². The summed E-state index contributed by atoms with van der Waals surface area (Å²) in [6.45, 7) is 0. The number of amides is 1. The third kappa shape index (κ3) is 2.64. The molecule has 3 N–H and O–H groups in total. The molecule has 0 spiro atoms. The molecular weight excluding hydrogens is 267 g/mol. The molecule has 2 rings (SSSR count). The molecule has 2 aromatic rings. The monoisotopic (exact) mass is 273 g/mol. The van der Waals surface area contributed by atoms with Gasteiger partial charge in [-0.05, 0) is 18.2 Å². The van der Waals surface area contributed by atoms with Crippen LogP contribution in [0.1, 0.15) is 0 Å². The average Bonchev–Trinajstić information content (AvgIpc) is 2.29. The van der Waals surface area contributed by atoms with E-state index in [1.165, 1.54) is 12.1 Å². The number of nitrogens with one attached hydrogen (secondary N) is 3. The number of hydrogen-bond acceptors (Lipinski definition) is 3. The smallest absolute Gasteiger partial charge is 0.318 e. The van der Waals surface area contributed by atoms with Crippen molar-refractivity contribution >= 4 is 22.6 Å². The van der Waals surface area contributed by atoms with Crippen molar-refractivity contribution in [2.24, 2.45) is 0 Å². The molecule has 100 valence electrons. The normalized spacial score (nSPS) is 11.5. The molecule has 6 nitrogen and oxygen atoms in total. The molecule has 0 saturated heterocycles. The second-order valence-corrected chi connectivity index (χ2v) is 3.62. The van der Waals surface area contributed by atoms with Crippen LogP contribution in [0.3, 0.4) is 0 Å². The lowest BCUT2D eigenvalue weighted by Gasteiger charge is -2.08. The zero-order valence-electron chi connectivity index (χ0n) is 9.09. The summed E-state index contributed by atoms with van der Waals surface area (Å²) in [5, 5.41) is 1.63. The van der Waals surface area contributed by atoms with Gasteiger partial charge in [0.05, 0.1) is 11.0 Å². The van der Waals surface area contributed by atoms with Crippen LogP contribution in [0.5, 0.6) is 0 Å². The molecular formula is C10H6F3N3O3. The fourth-order valence-electron chi connectivity index (χ4n) is 1.39. The van der Waals surface area contributed by atoms with Crippen molar-refractivity contribution in [3.63, 3.8) is 0 Å². The first kappa shape index (κ1) is 12.9. The van der Waals surface area contributed by atoms with E-state index in [-0.39, 0.29) is 16.7 Å². The molecule has 0 atom stereocenters. The van der Waals surface area contributed by atoms with E-state index in [1.54, 1.807) is 5.32 Å². The van der Waals surface area contributed by atoms with Crippen LogP contribution in [0.4, 0.5) is 18.9 Å². The van der Waals surface area contributed by atoms with E-state index in [2.05, 4.69) is 9.97 Å². The van der Waals surface area contributed by atoms with Gasteiger partial charge in [-0.2, -0.15) is 13.2 Å². The van der Waals surface area contributed by atoms with Crippen molar-refractivity contribution in [1.29, 1.82) is 0 Å². The first-order valence-electron chi connectivity index (χ1n) is 4.92. The molecule has 1 aromatic carbocycles. The van der Waals surface area contributed by atoms with Gasteiger partial charge in [-0.1, -0.05) is 0 Å². The van der Waals surface area contributed by atoms with Crippen molar-refractivity contribution in [3.05, 3.63) is 38.9 Å². The zero-order chi connectivity index (χ0) is 14.2. The number of aromatic amines is 2. The number of rotatable bonds is 1. The maximum atomic E-state index is 12.0. The van der Waals surface area contributed by atoms with Gasteiger partial charge in [0.15, 0.2) is 0 Å². The predicted molar refractivity (Wildman–Crippen MR) is 59.9 cm³/mol. The van der Waals surface area contributed by atoms with E-state index in [0.717, 1.165) is 6.07 Å². The lowest BCUT2D eigenvalue weighted by atomic mass is 10.2. The van der Waals surface area contributed by atoms with Crippen molar-refractivity contribution in [2.45, 2.75) is 6.18 Å². The molecule has 0 radical (unpaired) electrons. The number of hydrogen-bond donors (Lipinski definition) is 3. The molecule has 0 saturated carbocycles. The topological polar surface area (TPSA) is 94.8 Å². The van der Waals surface area contributed by atoms with E-state index in [9.17, 15) is 27.6 Å². The zero-order valence-corrected chi connectivity index (χ0v) is 9.09. The minimum Gasteiger partial charge on any atom is -0.318 e. The largest absolute Gasteiger partial charge is 0.471 e. The Morgan fingerprint density at radius 2 is 1.63 bits per heavy atom. The van der Waals surface area contributed by atoms with Crippen LogP contribution < -0.4 is 16.4 Å². The summed E-state index contributed by atoms with van der Waals surface area (Å²) >= 11 is 0. The van der Waals surface area contributed by atoms with E-state index in [1.807, 2.05) is 0 Å². The van der Waals surface area contributed by atoms with E-state index in [0.29, 0.717) is 0 Å². The summed E-state index contributed by atoms with van der Waals surface area (Å²) in [4.78, 5) is 37.2. The molecule has 1 aromatic heterocycles. The van der Waals surface area contributed by atoms with Gasteiger partial charge in [-0.15, -0.1) is 0 Å². The fourth-order valence-corrected chi connectivity index (χ4v) is 1.39.